The summed E-state index contributed by atoms with van der Waals surface area (Å²) in [7, 11) is 0. The van der Waals surface area contributed by atoms with Gasteiger partial charge in [0.2, 0.25) is 0 Å². The molecule has 0 spiro atoms. The molecular formula is C56H39N. The number of fused-ring (bicyclic) bond motifs is 2. The monoisotopic (exact) mass is 732 g/mol. The van der Waals surface area contributed by atoms with Gasteiger partial charge in [-0.25, -0.2) is 0 Å². The predicted molar refractivity (Wildman–Crippen MR) is 243 cm³/mol. The zero-order valence-electron chi connectivity index (χ0n) is 37.9. The van der Waals surface area contributed by atoms with Crippen LogP contribution in [-0.4, -0.2) is 0 Å². The fourth-order valence-electron chi connectivity index (χ4n) is 7.71. The Labute approximate surface area is 344 Å². The first-order chi connectivity index (χ1) is 31.2. The summed E-state index contributed by atoms with van der Waals surface area (Å²) in [4.78, 5) is 1.56. The van der Waals surface area contributed by atoms with E-state index >= 15 is 0 Å². The molecule has 1 heteroatoms. The lowest BCUT2D eigenvalue weighted by atomic mass is 9.89. The Morgan fingerprint density at radius 3 is 1.51 bits per heavy atom. The molecule has 0 fully saturated rings. The van der Waals surface area contributed by atoms with Crippen molar-refractivity contribution in [3.63, 3.8) is 0 Å². The maximum absolute atomic E-state index is 9.94. The summed E-state index contributed by atoms with van der Waals surface area (Å²) in [6.45, 7) is 0. The Morgan fingerprint density at radius 2 is 0.825 bits per heavy atom. The average molecular weight is 733 g/mol. The van der Waals surface area contributed by atoms with Crippen molar-refractivity contribution >= 4 is 38.6 Å². The highest BCUT2D eigenvalue weighted by Gasteiger charge is 2.20. The van der Waals surface area contributed by atoms with Crippen LogP contribution in [0.1, 0.15) is 9.60 Å². The van der Waals surface area contributed by atoms with Crippen LogP contribution in [0.15, 0.2) is 236 Å². The molecule has 0 aliphatic heterocycles. The average Bonchev–Trinajstić information content (AvgIpc) is 3.34. The van der Waals surface area contributed by atoms with E-state index in [0.717, 1.165) is 43.8 Å². The highest BCUT2D eigenvalue weighted by atomic mass is 15.1. The Kier molecular flexibility index (Phi) is 7.14. The predicted octanol–water partition coefficient (Wildman–Crippen LogP) is 15.8. The van der Waals surface area contributed by atoms with E-state index in [1.54, 1.807) is 4.90 Å². The second-order valence-electron chi connectivity index (χ2n) is 13.9. The molecule has 0 amide bonds. The molecule has 0 saturated heterocycles. The molecule has 0 unspecified atom stereocenters. The van der Waals surface area contributed by atoms with E-state index < -0.39 is 0 Å². The molecule has 10 aromatic rings. The van der Waals surface area contributed by atoms with Crippen LogP contribution in [0.5, 0.6) is 0 Å². The zero-order valence-corrected chi connectivity index (χ0v) is 30.9. The van der Waals surface area contributed by atoms with Gasteiger partial charge in [-0.1, -0.05) is 200 Å². The number of anilines is 3. The molecule has 0 aromatic heterocycles. The molecule has 0 bridgehead atoms. The fourth-order valence-corrected chi connectivity index (χ4v) is 7.71. The summed E-state index contributed by atoms with van der Waals surface area (Å²) in [6.07, 6.45) is 0. The topological polar surface area (TPSA) is 3.24 Å². The van der Waals surface area contributed by atoms with Gasteiger partial charge >= 0.3 is 0 Å². The first kappa shape index (κ1) is 27.2. The second kappa shape index (κ2) is 15.0. The summed E-state index contributed by atoms with van der Waals surface area (Å²) in [5, 5.41) is 3.84. The number of hydrogen-bond acceptors (Lipinski definition) is 1. The van der Waals surface area contributed by atoms with Crippen molar-refractivity contribution in [3.05, 3.63) is 236 Å². The smallest absolute Gasteiger partial charge is 0.0645 e. The largest absolute Gasteiger partial charge is 0.310 e. The SMILES string of the molecule is [2H]c1c([2H])c(N(c2ccc(-c3cccc4ccccc34)cc2)c2c([2H])c([2H])c(-c3c(-c4ccccc4)ccc4ccccc34)c([2H])c2[2H])c(-c2ccccc2)c([2H])c1-c1ccccc1. The zero-order chi connectivity index (χ0) is 44.1. The molecule has 0 saturated carbocycles. The molecule has 0 aliphatic rings. The van der Waals surface area contributed by atoms with Crippen molar-refractivity contribution in [1.82, 2.24) is 0 Å². The van der Waals surface area contributed by atoms with Crippen LogP contribution >= 0.6 is 0 Å². The molecule has 0 aliphatic carbocycles. The van der Waals surface area contributed by atoms with Crippen molar-refractivity contribution in [2.24, 2.45) is 0 Å². The van der Waals surface area contributed by atoms with E-state index in [9.17, 15) is 9.60 Å². The van der Waals surface area contributed by atoms with Crippen LogP contribution in [0.25, 0.3) is 77.2 Å². The Bertz CT molecular complexity index is 3360. The van der Waals surface area contributed by atoms with Gasteiger partial charge in [0.25, 0.3) is 0 Å². The number of benzene rings is 10. The summed E-state index contributed by atoms with van der Waals surface area (Å²) < 4.78 is 68.9. The first-order valence-electron chi connectivity index (χ1n) is 22.5. The molecule has 268 valence electrons. The van der Waals surface area contributed by atoms with Crippen LogP contribution in [0.4, 0.5) is 17.1 Å². The first-order valence-corrected chi connectivity index (χ1v) is 19.0. The maximum Gasteiger partial charge on any atom is 0.0645 e. The summed E-state index contributed by atoms with van der Waals surface area (Å²) in [6, 6.07) is 60.2. The van der Waals surface area contributed by atoms with Gasteiger partial charge in [0.05, 0.1) is 15.3 Å². The second-order valence-corrected chi connectivity index (χ2v) is 13.9. The molecule has 0 atom stereocenters. The van der Waals surface area contributed by atoms with Crippen molar-refractivity contribution in [2.45, 2.75) is 0 Å². The van der Waals surface area contributed by atoms with E-state index in [1.165, 1.54) is 0 Å². The van der Waals surface area contributed by atoms with Crippen LogP contribution in [0, 0.1) is 0 Å². The van der Waals surface area contributed by atoms with Crippen molar-refractivity contribution in [3.8, 4) is 55.6 Å². The molecule has 1 nitrogen and oxygen atoms in total. The van der Waals surface area contributed by atoms with Crippen molar-refractivity contribution in [1.29, 1.82) is 0 Å². The third-order valence-corrected chi connectivity index (χ3v) is 10.5. The Balaban J connectivity index is 1.28. The molecule has 10 rings (SSSR count). The lowest BCUT2D eigenvalue weighted by molar-refractivity contribution is 1.28. The lowest BCUT2D eigenvalue weighted by Crippen LogP contribution is -2.11. The van der Waals surface area contributed by atoms with Crippen molar-refractivity contribution < 1.29 is 9.60 Å². The van der Waals surface area contributed by atoms with E-state index in [2.05, 4.69) is 24.3 Å². The molecular weight excluding hydrogens is 687 g/mol. The van der Waals surface area contributed by atoms with Crippen LogP contribution in [-0.2, 0) is 0 Å². The standard InChI is InChI=1S/C56H39N/c1-4-15-40(16-5-1)47-32-38-55(54(39-47)43-19-8-3-9-20-43)57(48-33-27-45(28-34-48)51-26-14-23-41-21-10-12-24-50(41)51)49-35-29-46(30-36-49)56-52-25-13-11-22-44(52)31-37-53(56)42-17-6-2-7-18-42/h1-39H/i29D,30D,32D,35D,36D,38D,39D. The van der Waals surface area contributed by atoms with Gasteiger partial charge in [0.1, 0.15) is 0 Å². The maximum atomic E-state index is 9.94. The molecule has 0 heterocycles. The van der Waals surface area contributed by atoms with Crippen LogP contribution < -0.4 is 4.90 Å². The third kappa shape index (κ3) is 6.56. The molecule has 57 heavy (non-hydrogen) atoms. The van der Waals surface area contributed by atoms with Gasteiger partial charge in [-0.2, -0.15) is 0 Å². The van der Waals surface area contributed by atoms with Crippen LogP contribution in [0.2, 0.25) is 0 Å². The van der Waals surface area contributed by atoms with E-state index in [1.807, 2.05) is 170 Å². The third-order valence-electron chi connectivity index (χ3n) is 10.5. The van der Waals surface area contributed by atoms with Gasteiger partial charge in [-0.05, 0) is 108 Å². The Hall–Kier alpha value is -7.48. The minimum Gasteiger partial charge on any atom is -0.310 e. The number of hydrogen-bond donors (Lipinski definition) is 0. The van der Waals surface area contributed by atoms with Crippen molar-refractivity contribution in [2.75, 3.05) is 4.90 Å². The van der Waals surface area contributed by atoms with Gasteiger partial charge in [-0.15, -0.1) is 0 Å². The fraction of sp³-hybridized carbons (Fsp3) is 0. The summed E-state index contributed by atoms with van der Waals surface area (Å²) >= 11 is 0. The molecule has 10 aromatic carbocycles. The minimum absolute atomic E-state index is 0.000842. The number of nitrogens with zero attached hydrogens (tertiary/aromatic N) is 1. The lowest BCUT2D eigenvalue weighted by Gasteiger charge is -2.29. The van der Waals surface area contributed by atoms with Gasteiger partial charge in [-0.3, -0.25) is 0 Å². The Morgan fingerprint density at radius 1 is 0.298 bits per heavy atom. The van der Waals surface area contributed by atoms with E-state index in [-0.39, 0.29) is 64.8 Å². The minimum atomic E-state index is -0.329. The summed E-state index contributed by atoms with van der Waals surface area (Å²) in [5.41, 5.74) is 6.53. The van der Waals surface area contributed by atoms with Gasteiger partial charge < -0.3 is 4.90 Å². The number of rotatable bonds is 8. The molecule has 0 radical (unpaired) electrons. The quantitative estimate of drug-likeness (QED) is 0.150. The van der Waals surface area contributed by atoms with Gasteiger partial charge in [0.15, 0.2) is 0 Å². The van der Waals surface area contributed by atoms with E-state index in [0.29, 0.717) is 27.9 Å². The van der Waals surface area contributed by atoms with Gasteiger partial charge in [0, 0.05) is 16.9 Å². The molecule has 0 N–H and O–H groups in total. The highest BCUT2D eigenvalue weighted by molar-refractivity contribution is 6.04. The summed E-state index contributed by atoms with van der Waals surface area (Å²) in [5.74, 6) is 0. The van der Waals surface area contributed by atoms with Crippen LogP contribution in [0.3, 0.4) is 0 Å². The normalized spacial score (nSPS) is 12.9. The highest BCUT2D eigenvalue weighted by Crippen LogP contribution is 2.45. The van der Waals surface area contributed by atoms with E-state index in [4.69, 9.17) is 0 Å².